The molecule has 7 nitrogen and oxygen atoms in total. The van der Waals surface area contributed by atoms with E-state index in [1.165, 1.54) is 18.3 Å². The number of ether oxygens (including phenoxy) is 1. The Morgan fingerprint density at radius 2 is 2.15 bits per heavy atom. The number of nitro groups is 1. The SMILES string of the molecule is O=C(COc1ccc(Cl)cc1Br)NN=CC=Cc1cccc([N+](=O)[O-])c1. The predicted octanol–water partition coefficient (Wildman–Crippen LogP) is 4.20. The summed E-state index contributed by atoms with van der Waals surface area (Å²) in [5.41, 5.74) is 2.95. The normalized spacial score (nSPS) is 11.0. The van der Waals surface area contributed by atoms with E-state index in [0.717, 1.165) is 0 Å². The van der Waals surface area contributed by atoms with Crippen molar-refractivity contribution >= 4 is 51.4 Å². The van der Waals surface area contributed by atoms with Gasteiger partial charge in [0.1, 0.15) is 5.75 Å². The van der Waals surface area contributed by atoms with Crippen LogP contribution in [0.25, 0.3) is 6.08 Å². The summed E-state index contributed by atoms with van der Waals surface area (Å²) in [5.74, 6) is 0.0472. The van der Waals surface area contributed by atoms with Crippen molar-refractivity contribution in [2.45, 2.75) is 0 Å². The number of carbonyl (C=O) groups is 1. The quantitative estimate of drug-likeness (QED) is 0.398. The molecule has 0 saturated carbocycles. The van der Waals surface area contributed by atoms with E-state index in [4.69, 9.17) is 16.3 Å². The van der Waals surface area contributed by atoms with Gasteiger partial charge in [0.05, 0.1) is 9.40 Å². The molecule has 0 fully saturated rings. The lowest BCUT2D eigenvalue weighted by atomic mass is 10.2. The van der Waals surface area contributed by atoms with E-state index in [2.05, 4.69) is 26.5 Å². The Morgan fingerprint density at radius 1 is 1.35 bits per heavy atom. The zero-order valence-corrected chi connectivity index (χ0v) is 15.6. The second kappa shape index (κ2) is 9.69. The fourth-order valence-electron chi connectivity index (χ4n) is 1.82. The Kier molecular flexibility index (Phi) is 7.31. The maximum Gasteiger partial charge on any atom is 0.277 e. The number of hydrazone groups is 1. The first-order valence-corrected chi connectivity index (χ1v) is 8.43. The number of nitro benzene ring substituents is 1. The van der Waals surface area contributed by atoms with Gasteiger partial charge in [0, 0.05) is 23.4 Å². The number of benzene rings is 2. The lowest BCUT2D eigenvalue weighted by Gasteiger charge is -2.07. The third-order valence-electron chi connectivity index (χ3n) is 2.97. The Balaban J connectivity index is 1.79. The van der Waals surface area contributed by atoms with Crippen LogP contribution in [-0.2, 0) is 4.79 Å². The highest BCUT2D eigenvalue weighted by Crippen LogP contribution is 2.27. The van der Waals surface area contributed by atoms with Crippen LogP contribution >= 0.6 is 27.5 Å². The molecule has 2 aromatic rings. The maximum absolute atomic E-state index is 11.7. The summed E-state index contributed by atoms with van der Waals surface area (Å²) in [6.45, 7) is -0.216. The summed E-state index contributed by atoms with van der Waals surface area (Å²) in [6, 6.07) is 11.1. The van der Waals surface area contributed by atoms with E-state index in [-0.39, 0.29) is 12.3 Å². The van der Waals surface area contributed by atoms with Crippen LogP contribution in [0.5, 0.6) is 5.75 Å². The summed E-state index contributed by atoms with van der Waals surface area (Å²) < 4.78 is 5.98. The largest absolute Gasteiger partial charge is 0.483 e. The van der Waals surface area contributed by atoms with E-state index in [9.17, 15) is 14.9 Å². The molecule has 0 aromatic heterocycles. The van der Waals surface area contributed by atoms with Crippen molar-refractivity contribution < 1.29 is 14.5 Å². The van der Waals surface area contributed by atoms with Gasteiger partial charge in [-0.25, -0.2) is 5.43 Å². The molecule has 0 aliphatic carbocycles. The number of nitrogens with one attached hydrogen (secondary N) is 1. The smallest absolute Gasteiger partial charge is 0.277 e. The van der Waals surface area contributed by atoms with Crippen LogP contribution in [-0.4, -0.2) is 23.7 Å². The van der Waals surface area contributed by atoms with Crippen LogP contribution in [0.1, 0.15) is 5.56 Å². The average molecular weight is 439 g/mol. The van der Waals surface area contributed by atoms with Crippen LogP contribution in [0.15, 0.2) is 58.1 Å². The summed E-state index contributed by atoms with van der Waals surface area (Å²) in [7, 11) is 0. The number of amides is 1. The number of rotatable bonds is 7. The zero-order chi connectivity index (χ0) is 18.9. The Hall–Kier alpha value is -2.71. The van der Waals surface area contributed by atoms with Crippen LogP contribution in [0.2, 0.25) is 5.02 Å². The monoisotopic (exact) mass is 437 g/mol. The number of allylic oxidation sites excluding steroid dienone is 1. The minimum Gasteiger partial charge on any atom is -0.483 e. The highest BCUT2D eigenvalue weighted by Gasteiger charge is 2.05. The van der Waals surface area contributed by atoms with E-state index in [1.807, 2.05) is 0 Å². The van der Waals surface area contributed by atoms with Crippen LogP contribution in [0.4, 0.5) is 5.69 Å². The van der Waals surface area contributed by atoms with Gasteiger partial charge in [0.2, 0.25) is 0 Å². The summed E-state index contributed by atoms with van der Waals surface area (Å²) in [6.07, 6.45) is 4.54. The van der Waals surface area contributed by atoms with Gasteiger partial charge in [0.15, 0.2) is 6.61 Å². The molecule has 0 aliphatic heterocycles. The molecule has 9 heteroatoms. The first kappa shape index (κ1) is 19.6. The van der Waals surface area contributed by atoms with Gasteiger partial charge in [-0.05, 0) is 45.8 Å². The van der Waals surface area contributed by atoms with Crippen LogP contribution in [0, 0.1) is 10.1 Å². The fourth-order valence-corrected chi connectivity index (χ4v) is 2.61. The zero-order valence-electron chi connectivity index (χ0n) is 13.3. The Morgan fingerprint density at radius 3 is 2.88 bits per heavy atom. The minimum atomic E-state index is -0.468. The number of hydrogen-bond donors (Lipinski definition) is 1. The van der Waals surface area contributed by atoms with Gasteiger partial charge in [-0.3, -0.25) is 14.9 Å². The average Bonchev–Trinajstić information content (AvgIpc) is 2.61. The van der Waals surface area contributed by atoms with E-state index < -0.39 is 10.8 Å². The predicted molar refractivity (Wildman–Crippen MR) is 103 cm³/mol. The molecule has 1 amide bonds. The van der Waals surface area contributed by atoms with Gasteiger partial charge >= 0.3 is 0 Å². The van der Waals surface area contributed by atoms with Crippen LogP contribution in [0.3, 0.4) is 0 Å². The van der Waals surface area contributed by atoms with Gasteiger partial charge in [0.25, 0.3) is 11.6 Å². The third kappa shape index (κ3) is 6.30. The van der Waals surface area contributed by atoms with E-state index >= 15 is 0 Å². The standard InChI is InChI=1S/C17H13BrClN3O4/c18-15-10-13(19)6-7-16(15)26-11-17(23)21-20-8-2-4-12-3-1-5-14(9-12)22(24)25/h1-10H,11H2,(H,21,23). The highest BCUT2D eigenvalue weighted by atomic mass is 79.9. The first-order chi connectivity index (χ1) is 12.5. The molecule has 2 aromatic carbocycles. The van der Waals surface area contributed by atoms with Crippen molar-refractivity contribution in [3.05, 3.63) is 73.7 Å². The van der Waals surface area contributed by atoms with E-state index in [0.29, 0.717) is 20.8 Å². The molecule has 0 heterocycles. The van der Waals surface area contributed by atoms with Crippen molar-refractivity contribution in [2.75, 3.05) is 6.61 Å². The maximum atomic E-state index is 11.7. The van der Waals surface area contributed by atoms with Crippen molar-refractivity contribution in [3.8, 4) is 5.75 Å². The minimum absolute atomic E-state index is 0.00269. The molecule has 0 atom stereocenters. The number of halogens is 2. The molecule has 0 bridgehead atoms. The second-order valence-electron chi connectivity index (χ2n) is 4.89. The lowest BCUT2D eigenvalue weighted by molar-refractivity contribution is -0.384. The summed E-state index contributed by atoms with van der Waals surface area (Å²) >= 11 is 9.11. The molecule has 0 aliphatic rings. The second-order valence-corrected chi connectivity index (χ2v) is 6.18. The molecular weight excluding hydrogens is 426 g/mol. The topological polar surface area (TPSA) is 93.8 Å². The van der Waals surface area contributed by atoms with Gasteiger partial charge in [-0.2, -0.15) is 5.10 Å². The molecule has 26 heavy (non-hydrogen) atoms. The molecule has 2 rings (SSSR count). The van der Waals surface area contributed by atoms with E-state index in [1.54, 1.807) is 42.5 Å². The molecule has 0 unspecified atom stereocenters. The molecule has 0 radical (unpaired) electrons. The molecular formula is C17H13BrClN3O4. The van der Waals surface area contributed by atoms with Gasteiger partial charge in [-0.1, -0.05) is 29.8 Å². The Labute approximate surface area is 162 Å². The number of carbonyl (C=O) groups excluding carboxylic acids is 1. The third-order valence-corrected chi connectivity index (χ3v) is 3.83. The van der Waals surface area contributed by atoms with Gasteiger partial charge < -0.3 is 4.74 Å². The number of non-ortho nitro benzene ring substituents is 1. The van der Waals surface area contributed by atoms with Crippen molar-refractivity contribution in [1.82, 2.24) is 5.43 Å². The fraction of sp³-hybridized carbons (Fsp3) is 0.0588. The summed E-state index contributed by atoms with van der Waals surface area (Å²) in [4.78, 5) is 21.9. The summed E-state index contributed by atoms with van der Waals surface area (Å²) in [5, 5.41) is 15.0. The molecule has 0 spiro atoms. The van der Waals surface area contributed by atoms with Crippen molar-refractivity contribution in [1.29, 1.82) is 0 Å². The highest BCUT2D eigenvalue weighted by molar-refractivity contribution is 9.10. The molecule has 1 N–H and O–H groups in total. The van der Waals surface area contributed by atoms with Crippen molar-refractivity contribution in [2.24, 2.45) is 5.10 Å². The van der Waals surface area contributed by atoms with Crippen LogP contribution < -0.4 is 10.2 Å². The number of nitrogens with zero attached hydrogens (tertiary/aromatic N) is 2. The Bertz CT molecular complexity index is 871. The molecule has 134 valence electrons. The molecule has 0 saturated heterocycles. The van der Waals surface area contributed by atoms with Gasteiger partial charge in [-0.15, -0.1) is 0 Å². The first-order valence-electron chi connectivity index (χ1n) is 7.26. The number of hydrogen-bond acceptors (Lipinski definition) is 5. The van der Waals surface area contributed by atoms with Crippen molar-refractivity contribution in [3.63, 3.8) is 0 Å². The lowest BCUT2D eigenvalue weighted by Crippen LogP contribution is -2.24.